The summed E-state index contributed by atoms with van der Waals surface area (Å²) in [5.74, 6) is 0. The maximum absolute atomic E-state index is 9.31. The van der Waals surface area contributed by atoms with E-state index in [1.165, 1.54) is 51.6 Å². The van der Waals surface area contributed by atoms with Crippen LogP contribution in [0.5, 0.6) is 0 Å². The molecule has 18 heavy (non-hydrogen) atoms. The van der Waals surface area contributed by atoms with Gasteiger partial charge in [0, 0.05) is 6.54 Å². The van der Waals surface area contributed by atoms with E-state index in [9.17, 15) is 5.26 Å². The Morgan fingerprint density at radius 3 is 2.33 bits per heavy atom. The van der Waals surface area contributed by atoms with Gasteiger partial charge in [0.25, 0.3) is 0 Å². The van der Waals surface area contributed by atoms with Crippen LogP contribution in [0.4, 0.5) is 0 Å². The van der Waals surface area contributed by atoms with Crippen molar-refractivity contribution < 1.29 is 0 Å². The highest BCUT2D eigenvalue weighted by Crippen LogP contribution is 2.46. The summed E-state index contributed by atoms with van der Waals surface area (Å²) in [6, 6.07) is 2.43. The maximum atomic E-state index is 9.31. The lowest BCUT2D eigenvalue weighted by molar-refractivity contribution is 0.0943. The zero-order chi connectivity index (χ0) is 13.1. The molecule has 0 radical (unpaired) electrons. The molecule has 1 aliphatic heterocycles. The summed E-state index contributed by atoms with van der Waals surface area (Å²) in [6.07, 6.45) is 8.47. The van der Waals surface area contributed by atoms with Crippen molar-refractivity contribution in [1.29, 1.82) is 5.26 Å². The molecule has 0 aromatic heterocycles. The molecule has 1 aliphatic carbocycles. The second kappa shape index (κ2) is 5.59. The zero-order valence-electron chi connectivity index (χ0n) is 12.0. The molecule has 0 bridgehead atoms. The third-order valence-corrected chi connectivity index (χ3v) is 4.93. The van der Waals surface area contributed by atoms with E-state index in [0.29, 0.717) is 5.41 Å². The lowest BCUT2D eigenvalue weighted by atomic mass is 9.77. The number of nitriles is 1. The fourth-order valence-electron chi connectivity index (χ4n) is 3.78. The van der Waals surface area contributed by atoms with Crippen molar-refractivity contribution in [1.82, 2.24) is 10.2 Å². The molecule has 1 atom stereocenters. The molecule has 1 unspecified atom stereocenters. The molecule has 1 N–H and O–H groups in total. The van der Waals surface area contributed by atoms with Gasteiger partial charge in [-0.2, -0.15) is 5.26 Å². The number of nitrogens with one attached hydrogen (secondary N) is 1. The number of likely N-dealkylation sites (tertiary alicyclic amines) is 1. The fraction of sp³-hybridized carbons (Fsp3) is 0.933. The summed E-state index contributed by atoms with van der Waals surface area (Å²) in [5.41, 5.74) is 0.298. The average Bonchev–Trinajstić information content (AvgIpc) is 2.82. The van der Waals surface area contributed by atoms with Crippen LogP contribution in [-0.2, 0) is 0 Å². The first kappa shape index (κ1) is 13.8. The van der Waals surface area contributed by atoms with Crippen LogP contribution < -0.4 is 5.32 Å². The van der Waals surface area contributed by atoms with E-state index in [2.05, 4.69) is 23.2 Å². The first-order valence-corrected chi connectivity index (χ1v) is 7.50. The van der Waals surface area contributed by atoms with Crippen LogP contribution in [0.1, 0.15) is 52.4 Å². The molecule has 3 heteroatoms. The lowest BCUT2D eigenvalue weighted by Gasteiger charge is -2.41. The minimum atomic E-state index is -0.380. The van der Waals surface area contributed by atoms with Gasteiger partial charge in [-0.05, 0) is 57.7 Å². The number of hydrogen-bond acceptors (Lipinski definition) is 3. The van der Waals surface area contributed by atoms with E-state index in [1.807, 2.05) is 6.92 Å². The van der Waals surface area contributed by atoms with Gasteiger partial charge >= 0.3 is 0 Å². The van der Waals surface area contributed by atoms with Crippen LogP contribution in [0.2, 0.25) is 0 Å². The Labute approximate surface area is 112 Å². The minimum Gasteiger partial charge on any atom is -0.300 e. The predicted molar refractivity (Wildman–Crippen MR) is 74.3 cm³/mol. The van der Waals surface area contributed by atoms with E-state index in [4.69, 9.17) is 0 Å². The van der Waals surface area contributed by atoms with Crippen molar-refractivity contribution in [3.63, 3.8) is 0 Å². The largest absolute Gasteiger partial charge is 0.300 e. The number of likely N-dealkylation sites (N-methyl/N-ethyl adjacent to an activating group) is 1. The van der Waals surface area contributed by atoms with E-state index in [-0.39, 0.29) is 5.54 Å². The average molecular weight is 249 g/mol. The Kier molecular flexibility index (Phi) is 4.29. The molecule has 2 rings (SSSR count). The van der Waals surface area contributed by atoms with Crippen molar-refractivity contribution in [3.8, 4) is 6.07 Å². The number of hydrogen-bond donors (Lipinski definition) is 1. The number of nitrogens with zero attached hydrogens (tertiary/aromatic N) is 2. The number of piperidine rings is 1. The molecule has 3 nitrogen and oxygen atoms in total. The van der Waals surface area contributed by atoms with Gasteiger partial charge in [-0.1, -0.05) is 19.8 Å². The van der Waals surface area contributed by atoms with Gasteiger partial charge in [0.05, 0.1) is 6.07 Å². The highest BCUT2D eigenvalue weighted by molar-refractivity contribution is 5.06. The summed E-state index contributed by atoms with van der Waals surface area (Å²) in [4.78, 5) is 2.48. The molecule has 2 aliphatic rings. The van der Waals surface area contributed by atoms with E-state index < -0.39 is 0 Å². The summed E-state index contributed by atoms with van der Waals surface area (Å²) < 4.78 is 0. The Hall–Kier alpha value is -0.590. The Bertz CT molecular complexity index is 304. The van der Waals surface area contributed by atoms with Crippen molar-refractivity contribution in [2.24, 2.45) is 5.41 Å². The molecule has 1 spiro atoms. The van der Waals surface area contributed by atoms with E-state index in [1.54, 1.807) is 0 Å². The smallest absolute Gasteiger partial charge is 0.116 e. The van der Waals surface area contributed by atoms with Gasteiger partial charge in [-0.25, -0.2) is 0 Å². The Morgan fingerprint density at radius 2 is 1.83 bits per heavy atom. The molecule has 0 aromatic carbocycles. The normalized spacial score (nSPS) is 26.9. The topological polar surface area (TPSA) is 39.1 Å². The third kappa shape index (κ3) is 3.05. The number of rotatable bonds is 4. The van der Waals surface area contributed by atoms with Crippen molar-refractivity contribution in [2.75, 3.05) is 26.2 Å². The van der Waals surface area contributed by atoms with E-state index >= 15 is 0 Å². The van der Waals surface area contributed by atoms with Crippen molar-refractivity contribution >= 4 is 0 Å². The molecular weight excluding hydrogens is 222 g/mol. The van der Waals surface area contributed by atoms with Gasteiger partial charge in [-0.3, -0.25) is 5.32 Å². The van der Waals surface area contributed by atoms with Crippen LogP contribution in [0.15, 0.2) is 0 Å². The van der Waals surface area contributed by atoms with Gasteiger partial charge in [0.15, 0.2) is 0 Å². The molecule has 1 heterocycles. The van der Waals surface area contributed by atoms with Gasteiger partial charge < -0.3 is 4.90 Å². The summed E-state index contributed by atoms with van der Waals surface area (Å²) in [5, 5.41) is 12.6. The molecule has 0 amide bonds. The quantitative estimate of drug-likeness (QED) is 0.832. The standard InChI is InChI=1S/C15H27N3/c1-3-17-14(2,12-16)13-18-10-8-15(9-11-18)6-4-5-7-15/h17H,3-11,13H2,1-2H3. The fourth-order valence-corrected chi connectivity index (χ4v) is 3.78. The Balaban J connectivity index is 1.84. The molecular formula is C15H27N3. The second-order valence-electron chi connectivity index (χ2n) is 6.46. The van der Waals surface area contributed by atoms with Crippen molar-refractivity contribution in [3.05, 3.63) is 0 Å². The first-order chi connectivity index (χ1) is 8.61. The molecule has 1 saturated carbocycles. The minimum absolute atomic E-state index is 0.380. The highest BCUT2D eigenvalue weighted by atomic mass is 15.2. The zero-order valence-corrected chi connectivity index (χ0v) is 12.0. The molecule has 1 saturated heterocycles. The first-order valence-electron chi connectivity index (χ1n) is 7.50. The van der Waals surface area contributed by atoms with E-state index in [0.717, 1.165) is 13.1 Å². The summed E-state index contributed by atoms with van der Waals surface area (Å²) in [7, 11) is 0. The third-order valence-electron chi connectivity index (χ3n) is 4.93. The molecule has 2 fully saturated rings. The maximum Gasteiger partial charge on any atom is 0.116 e. The van der Waals surface area contributed by atoms with Crippen molar-refractivity contribution in [2.45, 2.75) is 57.9 Å². The van der Waals surface area contributed by atoms with Crippen LogP contribution in [0.25, 0.3) is 0 Å². The van der Waals surface area contributed by atoms with Gasteiger partial charge in [-0.15, -0.1) is 0 Å². The van der Waals surface area contributed by atoms with Crippen LogP contribution >= 0.6 is 0 Å². The Morgan fingerprint density at radius 1 is 1.22 bits per heavy atom. The van der Waals surface area contributed by atoms with Gasteiger partial charge in [0.1, 0.15) is 5.54 Å². The SMILES string of the molecule is CCNC(C)(C#N)CN1CCC2(CCCC2)CC1. The van der Waals surface area contributed by atoms with Gasteiger partial charge in [0.2, 0.25) is 0 Å². The molecule has 0 aromatic rings. The summed E-state index contributed by atoms with van der Waals surface area (Å²) >= 11 is 0. The monoisotopic (exact) mass is 249 g/mol. The highest BCUT2D eigenvalue weighted by Gasteiger charge is 2.38. The van der Waals surface area contributed by atoms with Crippen LogP contribution in [0.3, 0.4) is 0 Å². The summed E-state index contributed by atoms with van der Waals surface area (Å²) in [6.45, 7) is 8.19. The molecule has 102 valence electrons. The second-order valence-corrected chi connectivity index (χ2v) is 6.46. The van der Waals surface area contributed by atoms with Crippen LogP contribution in [-0.4, -0.2) is 36.6 Å². The van der Waals surface area contributed by atoms with Crippen LogP contribution in [0, 0.1) is 16.7 Å². The lowest BCUT2D eigenvalue weighted by Crippen LogP contribution is -2.52. The predicted octanol–water partition coefficient (Wildman–Crippen LogP) is 2.53.